The van der Waals surface area contributed by atoms with Crippen molar-refractivity contribution < 1.29 is 14.0 Å². The van der Waals surface area contributed by atoms with Gasteiger partial charge < -0.3 is 10.6 Å². The average molecular weight is 504 g/mol. The first-order valence-electron chi connectivity index (χ1n) is 11.4. The van der Waals surface area contributed by atoms with Crippen LogP contribution in [0, 0.1) is 26.6 Å². The molecule has 36 heavy (non-hydrogen) atoms. The van der Waals surface area contributed by atoms with Crippen LogP contribution in [-0.4, -0.2) is 32.3 Å². The fourth-order valence-corrected chi connectivity index (χ4v) is 4.39. The van der Waals surface area contributed by atoms with Crippen LogP contribution in [0.5, 0.6) is 0 Å². The van der Waals surface area contributed by atoms with E-state index in [2.05, 4.69) is 20.8 Å². The largest absolute Gasteiger partial charge is 0.345 e. The molecule has 1 heterocycles. The zero-order chi connectivity index (χ0) is 25.7. The first-order chi connectivity index (χ1) is 17.3. The highest BCUT2D eigenvalue weighted by Gasteiger charge is 2.18. The fourth-order valence-electron chi connectivity index (χ4n) is 3.62. The van der Waals surface area contributed by atoms with Gasteiger partial charge >= 0.3 is 0 Å². The molecule has 2 N–H and O–H groups in total. The Morgan fingerprint density at radius 1 is 0.944 bits per heavy atom. The second-order valence-corrected chi connectivity index (χ2v) is 9.33. The van der Waals surface area contributed by atoms with Crippen molar-refractivity contribution in [3.63, 3.8) is 0 Å². The summed E-state index contributed by atoms with van der Waals surface area (Å²) >= 11 is 1.24. The number of hydrogen-bond acceptors (Lipinski definition) is 5. The Morgan fingerprint density at radius 2 is 1.72 bits per heavy atom. The summed E-state index contributed by atoms with van der Waals surface area (Å²) in [5, 5.41) is 14.7. The zero-order valence-electron chi connectivity index (χ0n) is 20.2. The van der Waals surface area contributed by atoms with Gasteiger partial charge in [0, 0.05) is 11.4 Å². The molecule has 0 aliphatic carbocycles. The molecule has 4 rings (SSSR count). The van der Waals surface area contributed by atoms with Crippen molar-refractivity contribution in [2.45, 2.75) is 32.5 Å². The molecule has 0 radical (unpaired) electrons. The van der Waals surface area contributed by atoms with Gasteiger partial charge in [0.2, 0.25) is 5.91 Å². The Kier molecular flexibility index (Phi) is 7.80. The number of aryl methyl sites for hydroxylation is 3. The molecule has 184 valence electrons. The van der Waals surface area contributed by atoms with Crippen molar-refractivity contribution in [1.82, 2.24) is 20.1 Å². The molecule has 0 atom stereocenters. The molecule has 0 aliphatic rings. The number of benzene rings is 3. The number of nitrogens with zero attached hydrogens (tertiary/aromatic N) is 3. The number of carbonyl (C=O) groups is 2. The van der Waals surface area contributed by atoms with Crippen molar-refractivity contribution >= 4 is 29.3 Å². The molecular formula is C27H26FN5O2S. The van der Waals surface area contributed by atoms with Crippen LogP contribution in [0.2, 0.25) is 0 Å². The number of anilines is 1. The third-order valence-electron chi connectivity index (χ3n) is 5.49. The summed E-state index contributed by atoms with van der Waals surface area (Å²) < 4.78 is 15.8. The summed E-state index contributed by atoms with van der Waals surface area (Å²) in [6, 6.07) is 19.4. The number of amides is 2. The van der Waals surface area contributed by atoms with E-state index in [1.165, 1.54) is 30.0 Å². The highest BCUT2D eigenvalue weighted by Crippen LogP contribution is 2.24. The molecule has 0 saturated carbocycles. The smallest absolute Gasteiger partial charge is 0.254 e. The Bertz CT molecular complexity index is 1420. The van der Waals surface area contributed by atoms with Gasteiger partial charge in [-0.05, 0) is 67.8 Å². The second-order valence-electron chi connectivity index (χ2n) is 8.39. The maximum atomic E-state index is 14.0. The minimum Gasteiger partial charge on any atom is -0.345 e. The lowest BCUT2D eigenvalue weighted by molar-refractivity contribution is -0.113. The van der Waals surface area contributed by atoms with Gasteiger partial charge in [0.25, 0.3) is 5.91 Å². The van der Waals surface area contributed by atoms with Gasteiger partial charge in [0.1, 0.15) is 5.82 Å². The molecule has 3 aromatic carbocycles. The second kappa shape index (κ2) is 11.2. The Labute approximate surface area is 213 Å². The predicted molar refractivity (Wildman–Crippen MR) is 139 cm³/mol. The molecule has 0 bridgehead atoms. The number of hydrogen-bond donors (Lipinski definition) is 2. The van der Waals surface area contributed by atoms with Crippen LogP contribution in [0.25, 0.3) is 5.69 Å². The molecule has 7 nitrogen and oxygen atoms in total. The maximum absolute atomic E-state index is 14.0. The number of nitrogens with one attached hydrogen (secondary N) is 2. The highest BCUT2D eigenvalue weighted by molar-refractivity contribution is 7.99. The van der Waals surface area contributed by atoms with Gasteiger partial charge in [-0.1, -0.05) is 48.2 Å². The molecule has 2 amide bonds. The molecule has 0 aliphatic heterocycles. The maximum Gasteiger partial charge on any atom is 0.254 e. The minimum absolute atomic E-state index is 0.0311. The predicted octanol–water partition coefficient (Wildman–Crippen LogP) is 4.99. The van der Waals surface area contributed by atoms with Crippen molar-refractivity contribution in [3.8, 4) is 5.69 Å². The summed E-state index contributed by atoms with van der Waals surface area (Å²) in [6.07, 6.45) is 0. The van der Waals surface area contributed by atoms with E-state index < -0.39 is 11.7 Å². The molecule has 0 saturated heterocycles. The lowest BCUT2D eigenvalue weighted by atomic mass is 10.1. The Hall–Kier alpha value is -3.98. The van der Waals surface area contributed by atoms with Gasteiger partial charge in [-0.25, -0.2) is 4.39 Å². The first kappa shape index (κ1) is 25.1. The van der Waals surface area contributed by atoms with Gasteiger partial charge in [-0.3, -0.25) is 14.2 Å². The number of rotatable bonds is 8. The minimum atomic E-state index is -0.596. The summed E-state index contributed by atoms with van der Waals surface area (Å²) in [5.41, 5.74) is 4.60. The molecule has 1 aromatic heterocycles. The van der Waals surface area contributed by atoms with E-state index in [1.54, 1.807) is 10.6 Å². The average Bonchev–Trinajstić information content (AvgIpc) is 3.26. The van der Waals surface area contributed by atoms with E-state index in [0.29, 0.717) is 11.0 Å². The van der Waals surface area contributed by atoms with Crippen molar-refractivity contribution in [2.75, 3.05) is 11.1 Å². The summed E-state index contributed by atoms with van der Waals surface area (Å²) in [7, 11) is 0. The van der Waals surface area contributed by atoms with Gasteiger partial charge in [-0.15, -0.1) is 10.2 Å². The van der Waals surface area contributed by atoms with Crippen molar-refractivity contribution in [1.29, 1.82) is 0 Å². The standard InChI is InChI=1S/C27H26FN5O2S/c1-17-7-6-8-20(13-17)33-24(15-29-26(35)21-9-4-5-10-22(21)28)31-32-27(33)36-16-25(34)30-23-14-18(2)11-12-19(23)3/h4-14H,15-16H2,1-3H3,(H,29,35)(H,30,34). The summed E-state index contributed by atoms with van der Waals surface area (Å²) in [4.78, 5) is 25.2. The van der Waals surface area contributed by atoms with E-state index >= 15 is 0 Å². The number of thioether (sulfide) groups is 1. The van der Waals surface area contributed by atoms with Crippen LogP contribution in [0.4, 0.5) is 10.1 Å². The fraction of sp³-hybridized carbons (Fsp3) is 0.185. The lowest BCUT2D eigenvalue weighted by Crippen LogP contribution is -2.25. The van der Waals surface area contributed by atoms with E-state index in [4.69, 9.17) is 0 Å². The Balaban J connectivity index is 1.52. The van der Waals surface area contributed by atoms with Gasteiger partial charge in [-0.2, -0.15) is 0 Å². The normalized spacial score (nSPS) is 10.8. The van der Waals surface area contributed by atoms with E-state index in [9.17, 15) is 14.0 Å². The quantitative estimate of drug-likeness (QED) is 0.331. The van der Waals surface area contributed by atoms with E-state index in [1.807, 2.05) is 63.2 Å². The number of halogens is 1. The molecule has 4 aromatic rings. The molecule has 0 fully saturated rings. The first-order valence-corrected chi connectivity index (χ1v) is 12.3. The summed E-state index contributed by atoms with van der Waals surface area (Å²) in [6.45, 7) is 5.92. The van der Waals surface area contributed by atoms with Gasteiger partial charge in [0.05, 0.1) is 17.9 Å². The van der Waals surface area contributed by atoms with Crippen LogP contribution in [-0.2, 0) is 11.3 Å². The number of carbonyl (C=O) groups excluding carboxylic acids is 2. The van der Waals surface area contributed by atoms with Gasteiger partial charge in [0.15, 0.2) is 11.0 Å². The third-order valence-corrected chi connectivity index (χ3v) is 6.41. The van der Waals surface area contributed by atoms with Crippen LogP contribution in [0.3, 0.4) is 0 Å². The zero-order valence-corrected chi connectivity index (χ0v) is 21.0. The van der Waals surface area contributed by atoms with Crippen LogP contribution in [0.15, 0.2) is 71.9 Å². The van der Waals surface area contributed by atoms with E-state index in [0.717, 1.165) is 28.1 Å². The van der Waals surface area contributed by atoms with E-state index in [-0.39, 0.29) is 23.8 Å². The van der Waals surface area contributed by atoms with Crippen LogP contribution in [0.1, 0.15) is 32.9 Å². The van der Waals surface area contributed by atoms with Crippen LogP contribution < -0.4 is 10.6 Å². The number of aromatic nitrogens is 3. The molecule has 0 unspecified atom stereocenters. The monoisotopic (exact) mass is 503 g/mol. The molecule has 0 spiro atoms. The topological polar surface area (TPSA) is 88.9 Å². The summed E-state index contributed by atoms with van der Waals surface area (Å²) in [5.74, 6) is -0.723. The third kappa shape index (κ3) is 5.98. The molecule has 9 heteroatoms. The molecular weight excluding hydrogens is 477 g/mol. The highest BCUT2D eigenvalue weighted by atomic mass is 32.2. The van der Waals surface area contributed by atoms with Crippen LogP contribution >= 0.6 is 11.8 Å². The Morgan fingerprint density at radius 3 is 2.50 bits per heavy atom. The lowest BCUT2D eigenvalue weighted by Gasteiger charge is -2.12. The van der Waals surface area contributed by atoms with Crippen molar-refractivity contribution in [2.24, 2.45) is 0 Å². The SMILES string of the molecule is Cc1cccc(-n2c(CNC(=O)c3ccccc3F)nnc2SCC(=O)Nc2cc(C)ccc2C)c1. The van der Waals surface area contributed by atoms with Crippen molar-refractivity contribution in [3.05, 3.63) is 101 Å².